The number of nitrogens with one attached hydrogen (secondary N) is 1. The Balaban J connectivity index is 2.55. The van der Waals surface area contributed by atoms with Gasteiger partial charge >= 0.3 is 0 Å². The van der Waals surface area contributed by atoms with Gasteiger partial charge in [0.05, 0.1) is 0 Å². The molecule has 3 heteroatoms. The predicted octanol–water partition coefficient (Wildman–Crippen LogP) is 2.05. The summed E-state index contributed by atoms with van der Waals surface area (Å²) in [4.78, 5) is 18.0. The van der Waals surface area contributed by atoms with E-state index in [-0.39, 0.29) is 5.56 Å². The molecule has 76 valence electrons. The van der Waals surface area contributed by atoms with Crippen LogP contribution in [0, 0.1) is 13.8 Å². The van der Waals surface area contributed by atoms with Crippen LogP contribution < -0.4 is 5.56 Å². The molecular formula is C12H12N2O. The highest BCUT2D eigenvalue weighted by molar-refractivity contribution is 5.62. The lowest BCUT2D eigenvalue weighted by atomic mass is 10.1. The van der Waals surface area contributed by atoms with E-state index in [0.717, 1.165) is 16.7 Å². The van der Waals surface area contributed by atoms with Gasteiger partial charge in [-0.05, 0) is 37.1 Å². The zero-order valence-corrected chi connectivity index (χ0v) is 8.74. The average molecular weight is 200 g/mol. The van der Waals surface area contributed by atoms with Gasteiger partial charge in [0.15, 0.2) is 0 Å². The van der Waals surface area contributed by atoms with Crippen LogP contribution in [0.4, 0.5) is 0 Å². The quantitative estimate of drug-likeness (QED) is 0.765. The van der Waals surface area contributed by atoms with E-state index in [1.165, 1.54) is 0 Å². The van der Waals surface area contributed by atoms with Gasteiger partial charge in [-0.3, -0.25) is 9.78 Å². The van der Waals surface area contributed by atoms with Crippen molar-refractivity contribution in [1.82, 2.24) is 9.97 Å². The number of hydrogen-bond donors (Lipinski definition) is 1. The smallest absolute Gasteiger partial charge is 0.250 e. The van der Waals surface area contributed by atoms with E-state index in [2.05, 4.69) is 9.97 Å². The van der Waals surface area contributed by atoms with Crippen LogP contribution in [-0.4, -0.2) is 9.97 Å². The van der Waals surface area contributed by atoms with Gasteiger partial charge in [-0.1, -0.05) is 0 Å². The van der Waals surface area contributed by atoms with E-state index in [1.54, 1.807) is 19.3 Å². The summed E-state index contributed by atoms with van der Waals surface area (Å²) >= 11 is 0. The van der Waals surface area contributed by atoms with Crippen LogP contribution in [0.2, 0.25) is 0 Å². The van der Waals surface area contributed by atoms with Crippen LogP contribution in [-0.2, 0) is 0 Å². The van der Waals surface area contributed by atoms with Crippen LogP contribution in [0.1, 0.15) is 11.1 Å². The van der Waals surface area contributed by atoms with E-state index in [4.69, 9.17) is 0 Å². The van der Waals surface area contributed by atoms with E-state index in [9.17, 15) is 4.79 Å². The van der Waals surface area contributed by atoms with Crippen molar-refractivity contribution in [2.45, 2.75) is 13.8 Å². The standard InChI is InChI=1S/C12H12N2O/c1-8-3-10(6-13-5-8)11-4-9(2)12(15)14-7-11/h3-7H,1-2H3,(H,14,15). The van der Waals surface area contributed by atoms with Crippen LogP contribution in [0.3, 0.4) is 0 Å². The first-order chi connectivity index (χ1) is 7.16. The molecule has 0 atom stereocenters. The number of aryl methyl sites for hydroxylation is 2. The van der Waals surface area contributed by atoms with Crippen LogP contribution in [0.15, 0.2) is 35.5 Å². The predicted molar refractivity (Wildman–Crippen MR) is 59.8 cm³/mol. The second kappa shape index (κ2) is 3.69. The Hall–Kier alpha value is -1.90. The number of aromatic nitrogens is 2. The summed E-state index contributed by atoms with van der Waals surface area (Å²) in [5.74, 6) is 0. The largest absolute Gasteiger partial charge is 0.328 e. The van der Waals surface area contributed by atoms with Gasteiger partial charge in [-0.25, -0.2) is 0 Å². The Morgan fingerprint density at radius 2 is 1.93 bits per heavy atom. The van der Waals surface area contributed by atoms with Crippen molar-refractivity contribution in [3.05, 3.63) is 52.2 Å². The first kappa shape index (κ1) is 9.65. The Morgan fingerprint density at radius 1 is 1.13 bits per heavy atom. The highest BCUT2D eigenvalue weighted by Crippen LogP contribution is 2.17. The molecule has 0 radical (unpaired) electrons. The third kappa shape index (κ3) is 1.96. The number of hydrogen-bond acceptors (Lipinski definition) is 2. The first-order valence-electron chi connectivity index (χ1n) is 4.78. The monoisotopic (exact) mass is 200 g/mol. The summed E-state index contributed by atoms with van der Waals surface area (Å²) in [6.45, 7) is 3.79. The molecule has 0 unspecified atom stereocenters. The number of H-pyrrole nitrogens is 1. The third-order valence-electron chi connectivity index (χ3n) is 2.30. The lowest BCUT2D eigenvalue weighted by Crippen LogP contribution is -2.07. The molecule has 15 heavy (non-hydrogen) atoms. The van der Waals surface area contributed by atoms with Crippen LogP contribution in [0.25, 0.3) is 11.1 Å². The molecule has 2 heterocycles. The minimum atomic E-state index is -0.0423. The van der Waals surface area contributed by atoms with Crippen molar-refractivity contribution in [3.63, 3.8) is 0 Å². The zero-order valence-electron chi connectivity index (χ0n) is 8.74. The highest BCUT2D eigenvalue weighted by Gasteiger charge is 2.00. The summed E-state index contributed by atoms with van der Waals surface area (Å²) in [5, 5.41) is 0. The normalized spacial score (nSPS) is 10.3. The number of pyridine rings is 2. The van der Waals surface area contributed by atoms with E-state index in [1.807, 2.05) is 25.3 Å². The fourth-order valence-corrected chi connectivity index (χ4v) is 1.48. The van der Waals surface area contributed by atoms with Crippen LogP contribution >= 0.6 is 0 Å². The van der Waals surface area contributed by atoms with E-state index >= 15 is 0 Å². The zero-order chi connectivity index (χ0) is 10.8. The first-order valence-corrected chi connectivity index (χ1v) is 4.78. The van der Waals surface area contributed by atoms with E-state index < -0.39 is 0 Å². The molecule has 2 aromatic heterocycles. The fraction of sp³-hybridized carbons (Fsp3) is 0.167. The Morgan fingerprint density at radius 3 is 2.60 bits per heavy atom. The molecular weight excluding hydrogens is 188 g/mol. The Labute approximate surface area is 87.8 Å². The molecule has 0 saturated heterocycles. The summed E-state index contributed by atoms with van der Waals surface area (Å²) in [6.07, 6.45) is 5.31. The minimum absolute atomic E-state index is 0.0423. The van der Waals surface area contributed by atoms with Gasteiger partial charge in [0.2, 0.25) is 0 Å². The lowest BCUT2D eigenvalue weighted by Gasteiger charge is -2.02. The van der Waals surface area contributed by atoms with Gasteiger partial charge < -0.3 is 4.98 Å². The summed E-state index contributed by atoms with van der Waals surface area (Å²) < 4.78 is 0. The maximum absolute atomic E-state index is 11.2. The van der Waals surface area contributed by atoms with Crippen molar-refractivity contribution in [3.8, 4) is 11.1 Å². The molecule has 0 fully saturated rings. The molecule has 0 amide bonds. The third-order valence-corrected chi connectivity index (χ3v) is 2.30. The molecule has 0 aliphatic rings. The summed E-state index contributed by atoms with van der Waals surface area (Å²) in [5.41, 5.74) is 3.79. The molecule has 2 aromatic rings. The Bertz CT molecular complexity index is 543. The molecule has 2 rings (SSSR count). The number of aromatic amines is 1. The van der Waals surface area contributed by atoms with Gasteiger partial charge in [-0.2, -0.15) is 0 Å². The maximum atomic E-state index is 11.2. The number of rotatable bonds is 1. The van der Waals surface area contributed by atoms with E-state index in [0.29, 0.717) is 5.56 Å². The number of nitrogens with zero attached hydrogens (tertiary/aromatic N) is 1. The molecule has 0 spiro atoms. The maximum Gasteiger partial charge on any atom is 0.250 e. The summed E-state index contributed by atoms with van der Waals surface area (Å²) in [7, 11) is 0. The van der Waals surface area contributed by atoms with Crippen molar-refractivity contribution >= 4 is 0 Å². The second-order valence-electron chi connectivity index (χ2n) is 3.65. The highest BCUT2D eigenvalue weighted by atomic mass is 16.1. The molecule has 3 nitrogen and oxygen atoms in total. The SMILES string of the molecule is Cc1cncc(-c2c[nH]c(=O)c(C)c2)c1. The molecule has 0 bridgehead atoms. The Kier molecular flexibility index (Phi) is 2.37. The summed E-state index contributed by atoms with van der Waals surface area (Å²) in [6, 6.07) is 3.91. The van der Waals surface area contributed by atoms with Gasteiger partial charge in [0.25, 0.3) is 5.56 Å². The topological polar surface area (TPSA) is 45.8 Å². The molecule has 0 aliphatic carbocycles. The van der Waals surface area contributed by atoms with Crippen LogP contribution in [0.5, 0.6) is 0 Å². The lowest BCUT2D eigenvalue weighted by molar-refractivity contribution is 1.18. The van der Waals surface area contributed by atoms with Crippen molar-refractivity contribution in [1.29, 1.82) is 0 Å². The van der Waals surface area contributed by atoms with Crippen molar-refractivity contribution in [2.75, 3.05) is 0 Å². The molecule has 0 saturated carbocycles. The molecule has 0 aromatic carbocycles. The van der Waals surface area contributed by atoms with Crippen molar-refractivity contribution < 1.29 is 0 Å². The van der Waals surface area contributed by atoms with Gasteiger partial charge in [-0.15, -0.1) is 0 Å². The second-order valence-corrected chi connectivity index (χ2v) is 3.65. The minimum Gasteiger partial charge on any atom is -0.328 e. The van der Waals surface area contributed by atoms with Crippen molar-refractivity contribution in [2.24, 2.45) is 0 Å². The van der Waals surface area contributed by atoms with Gasteiger partial charge in [0.1, 0.15) is 0 Å². The molecule has 1 N–H and O–H groups in total. The average Bonchev–Trinajstić information content (AvgIpc) is 2.22. The molecule has 0 aliphatic heterocycles. The van der Waals surface area contributed by atoms with Gasteiger partial charge in [0, 0.05) is 29.7 Å². The fourth-order valence-electron chi connectivity index (χ4n) is 1.48.